The molecule has 1 N–H and O–H groups in total. The Morgan fingerprint density at radius 1 is 1.14 bits per heavy atom. The maximum Gasteiger partial charge on any atom is 0.276 e. The molecule has 3 rings (SSSR count). The lowest BCUT2D eigenvalue weighted by atomic mass is 10.1. The van der Waals surface area contributed by atoms with E-state index in [1.54, 1.807) is 24.3 Å². The highest BCUT2D eigenvalue weighted by Crippen LogP contribution is 2.21. The van der Waals surface area contributed by atoms with Gasteiger partial charge in [-0.2, -0.15) is 5.10 Å². The van der Waals surface area contributed by atoms with E-state index in [1.165, 1.54) is 22.9 Å². The summed E-state index contributed by atoms with van der Waals surface area (Å²) >= 11 is 5.89. The summed E-state index contributed by atoms with van der Waals surface area (Å²) in [4.78, 5) is 25.5. The minimum absolute atomic E-state index is 0.0379. The minimum atomic E-state index is -0.602. The van der Waals surface area contributed by atoms with Crippen molar-refractivity contribution in [2.75, 3.05) is 5.32 Å². The van der Waals surface area contributed by atoms with Gasteiger partial charge in [0.05, 0.1) is 11.1 Å². The van der Waals surface area contributed by atoms with Gasteiger partial charge in [0.2, 0.25) is 0 Å². The Bertz CT molecular complexity index is 1070. The van der Waals surface area contributed by atoms with Crippen molar-refractivity contribution in [2.24, 2.45) is 0 Å². The number of benzene rings is 2. The van der Waals surface area contributed by atoms with Crippen molar-refractivity contribution in [3.05, 3.63) is 69.4 Å². The monoisotopic (exact) mass is 401 g/mol. The van der Waals surface area contributed by atoms with Crippen molar-refractivity contribution in [2.45, 2.75) is 39.2 Å². The molecule has 5 nitrogen and oxygen atoms in total. The van der Waals surface area contributed by atoms with Crippen molar-refractivity contribution >= 4 is 34.0 Å². The number of hydrogen-bond donors (Lipinski definition) is 1. The van der Waals surface area contributed by atoms with Gasteiger partial charge in [-0.25, -0.2) is 9.07 Å². The topological polar surface area (TPSA) is 64.0 Å². The first-order valence-electron chi connectivity index (χ1n) is 9.27. The molecule has 0 saturated heterocycles. The van der Waals surface area contributed by atoms with Gasteiger partial charge in [0.1, 0.15) is 5.82 Å². The quantitative estimate of drug-likeness (QED) is 0.565. The van der Waals surface area contributed by atoms with Crippen molar-refractivity contribution in [3.63, 3.8) is 0 Å². The zero-order chi connectivity index (χ0) is 20.1. The number of amides is 1. The number of unbranched alkanes of at least 4 members (excludes halogenated alkanes) is 3. The first kappa shape index (κ1) is 20.0. The van der Waals surface area contributed by atoms with Crippen LogP contribution in [-0.2, 0) is 6.54 Å². The lowest BCUT2D eigenvalue weighted by molar-refractivity contribution is 0.102. The van der Waals surface area contributed by atoms with Crippen LogP contribution in [0.3, 0.4) is 0 Å². The maximum absolute atomic E-state index is 14.0. The molecule has 1 aromatic heterocycles. The fraction of sp³-hybridized carbons (Fsp3) is 0.286. The second kappa shape index (κ2) is 8.97. The summed E-state index contributed by atoms with van der Waals surface area (Å²) in [5, 5.41) is 7.93. The largest absolute Gasteiger partial charge is 0.318 e. The molecule has 0 aliphatic heterocycles. The molecule has 0 radical (unpaired) electrons. The van der Waals surface area contributed by atoms with Crippen LogP contribution in [-0.4, -0.2) is 15.7 Å². The van der Waals surface area contributed by atoms with Gasteiger partial charge in [-0.15, -0.1) is 0 Å². The van der Waals surface area contributed by atoms with Crippen molar-refractivity contribution in [1.29, 1.82) is 0 Å². The second-order valence-electron chi connectivity index (χ2n) is 6.56. The van der Waals surface area contributed by atoms with E-state index in [4.69, 9.17) is 11.6 Å². The summed E-state index contributed by atoms with van der Waals surface area (Å²) in [6, 6.07) is 10.7. The lowest BCUT2D eigenvalue weighted by Gasteiger charge is -2.12. The van der Waals surface area contributed by atoms with E-state index < -0.39 is 11.7 Å². The van der Waals surface area contributed by atoms with Gasteiger partial charge in [0.15, 0.2) is 5.69 Å². The van der Waals surface area contributed by atoms with Crippen LogP contribution in [0.2, 0.25) is 5.02 Å². The van der Waals surface area contributed by atoms with Crippen LogP contribution in [0, 0.1) is 5.82 Å². The molecule has 1 heterocycles. The molecule has 0 spiro atoms. The average Bonchev–Trinajstić information content (AvgIpc) is 2.69. The van der Waals surface area contributed by atoms with Crippen LogP contribution >= 0.6 is 11.6 Å². The Kier molecular flexibility index (Phi) is 6.41. The van der Waals surface area contributed by atoms with Crippen LogP contribution in [0.25, 0.3) is 10.8 Å². The van der Waals surface area contributed by atoms with E-state index in [0.29, 0.717) is 22.3 Å². The number of nitrogens with zero attached hydrogens (tertiary/aromatic N) is 2. The van der Waals surface area contributed by atoms with Crippen LogP contribution in [0.5, 0.6) is 0 Å². The Balaban J connectivity index is 1.98. The standard InChI is InChI=1S/C21H21ClFN3O2/c1-2-3-4-7-12-26-21(28)16-9-6-5-8-15(16)19(25-26)20(27)24-18-13-14(22)10-11-17(18)23/h5-6,8-11,13H,2-4,7,12H2,1H3,(H,24,27). The Hall–Kier alpha value is -2.73. The van der Waals surface area contributed by atoms with Crippen LogP contribution < -0.4 is 10.9 Å². The highest BCUT2D eigenvalue weighted by Gasteiger charge is 2.18. The molecule has 0 aliphatic rings. The molecule has 3 aromatic rings. The summed E-state index contributed by atoms with van der Waals surface area (Å²) in [6.45, 7) is 2.54. The molecule has 7 heteroatoms. The fourth-order valence-corrected chi connectivity index (χ4v) is 3.19. The third kappa shape index (κ3) is 4.39. The Morgan fingerprint density at radius 3 is 2.64 bits per heavy atom. The van der Waals surface area contributed by atoms with E-state index >= 15 is 0 Å². The minimum Gasteiger partial charge on any atom is -0.318 e. The summed E-state index contributed by atoms with van der Waals surface area (Å²) in [5.74, 6) is -1.20. The molecule has 28 heavy (non-hydrogen) atoms. The molecule has 146 valence electrons. The first-order valence-corrected chi connectivity index (χ1v) is 9.65. The van der Waals surface area contributed by atoms with Gasteiger partial charge in [0.25, 0.3) is 11.5 Å². The third-order valence-electron chi connectivity index (χ3n) is 4.48. The summed E-state index contributed by atoms with van der Waals surface area (Å²) < 4.78 is 15.3. The molecule has 0 saturated carbocycles. The average molecular weight is 402 g/mol. The number of aromatic nitrogens is 2. The normalized spacial score (nSPS) is 11.0. The van der Waals surface area contributed by atoms with Gasteiger partial charge in [-0.05, 0) is 30.7 Å². The SMILES string of the molecule is CCCCCCn1nc(C(=O)Nc2cc(Cl)ccc2F)c2ccccc2c1=O. The number of halogens is 2. The van der Waals surface area contributed by atoms with E-state index in [9.17, 15) is 14.0 Å². The van der Waals surface area contributed by atoms with Gasteiger partial charge in [-0.3, -0.25) is 9.59 Å². The number of nitrogens with one attached hydrogen (secondary N) is 1. The smallest absolute Gasteiger partial charge is 0.276 e. The first-order chi connectivity index (χ1) is 13.5. The second-order valence-corrected chi connectivity index (χ2v) is 7.00. The molecule has 0 unspecified atom stereocenters. The van der Waals surface area contributed by atoms with E-state index in [0.717, 1.165) is 25.7 Å². The maximum atomic E-state index is 14.0. The molecular formula is C21H21ClFN3O2. The number of carbonyl (C=O) groups is 1. The summed E-state index contributed by atoms with van der Waals surface area (Å²) in [7, 11) is 0. The summed E-state index contributed by atoms with van der Waals surface area (Å²) in [6.07, 6.45) is 3.93. The summed E-state index contributed by atoms with van der Waals surface area (Å²) in [5.41, 5.74) is -0.202. The highest BCUT2D eigenvalue weighted by molar-refractivity contribution is 6.31. The number of fused-ring (bicyclic) bond motifs is 1. The fourth-order valence-electron chi connectivity index (χ4n) is 3.02. The molecule has 2 aromatic carbocycles. The number of aryl methyl sites for hydroxylation is 1. The third-order valence-corrected chi connectivity index (χ3v) is 4.72. The Labute approximate surface area is 167 Å². The molecule has 0 bridgehead atoms. The van der Waals surface area contributed by atoms with Crippen LogP contribution in [0.15, 0.2) is 47.3 Å². The number of carbonyl (C=O) groups excluding carboxylic acids is 1. The van der Waals surface area contributed by atoms with E-state index in [1.807, 2.05) is 0 Å². The number of rotatable bonds is 7. The number of hydrogen-bond acceptors (Lipinski definition) is 3. The van der Waals surface area contributed by atoms with Gasteiger partial charge < -0.3 is 5.32 Å². The van der Waals surface area contributed by atoms with Gasteiger partial charge in [-0.1, -0.05) is 56.0 Å². The predicted octanol–water partition coefficient (Wildman–Crippen LogP) is 5.02. The lowest BCUT2D eigenvalue weighted by Crippen LogP contribution is -2.28. The predicted molar refractivity (Wildman–Crippen MR) is 110 cm³/mol. The van der Waals surface area contributed by atoms with Crippen LogP contribution in [0.1, 0.15) is 43.1 Å². The van der Waals surface area contributed by atoms with E-state index in [2.05, 4.69) is 17.3 Å². The zero-order valence-electron chi connectivity index (χ0n) is 15.5. The van der Waals surface area contributed by atoms with Crippen molar-refractivity contribution < 1.29 is 9.18 Å². The molecule has 0 aliphatic carbocycles. The van der Waals surface area contributed by atoms with Gasteiger partial charge in [0, 0.05) is 17.0 Å². The molecule has 0 atom stereocenters. The van der Waals surface area contributed by atoms with E-state index in [-0.39, 0.29) is 16.9 Å². The Morgan fingerprint density at radius 2 is 1.89 bits per heavy atom. The molecule has 1 amide bonds. The molecular weight excluding hydrogens is 381 g/mol. The highest BCUT2D eigenvalue weighted by atomic mass is 35.5. The van der Waals surface area contributed by atoms with Gasteiger partial charge >= 0.3 is 0 Å². The van der Waals surface area contributed by atoms with Crippen molar-refractivity contribution in [3.8, 4) is 0 Å². The number of anilines is 1. The van der Waals surface area contributed by atoms with Crippen LogP contribution in [0.4, 0.5) is 10.1 Å². The zero-order valence-corrected chi connectivity index (χ0v) is 16.3. The van der Waals surface area contributed by atoms with Crippen molar-refractivity contribution in [1.82, 2.24) is 9.78 Å². The molecule has 0 fully saturated rings.